The van der Waals surface area contributed by atoms with Crippen LogP contribution < -0.4 is 5.32 Å². The second-order valence-electron chi connectivity index (χ2n) is 7.30. The molecule has 0 amide bonds. The summed E-state index contributed by atoms with van der Waals surface area (Å²) in [5.41, 5.74) is -0.170. The van der Waals surface area contributed by atoms with Crippen LogP contribution in [0.3, 0.4) is 0 Å². The van der Waals surface area contributed by atoms with Crippen molar-refractivity contribution in [2.24, 2.45) is 5.92 Å². The van der Waals surface area contributed by atoms with Crippen molar-refractivity contribution in [1.29, 1.82) is 0 Å². The zero-order valence-corrected chi connectivity index (χ0v) is 14.9. The summed E-state index contributed by atoms with van der Waals surface area (Å²) >= 11 is 0. The van der Waals surface area contributed by atoms with Crippen LogP contribution in [0.15, 0.2) is 0 Å². The van der Waals surface area contributed by atoms with Gasteiger partial charge in [0.05, 0.1) is 11.2 Å². The lowest BCUT2D eigenvalue weighted by atomic mass is 9.81. The van der Waals surface area contributed by atoms with Crippen LogP contribution in [0.25, 0.3) is 0 Å². The predicted octanol–water partition coefficient (Wildman–Crippen LogP) is 3.29. The lowest BCUT2D eigenvalue weighted by Crippen LogP contribution is -2.52. The van der Waals surface area contributed by atoms with Crippen LogP contribution >= 0.6 is 0 Å². The first-order valence-corrected chi connectivity index (χ1v) is 8.37. The van der Waals surface area contributed by atoms with Gasteiger partial charge in [-0.25, -0.2) is 0 Å². The van der Waals surface area contributed by atoms with E-state index in [0.717, 1.165) is 19.6 Å². The van der Waals surface area contributed by atoms with Crippen LogP contribution in [0.5, 0.6) is 0 Å². The number of hydrogen-bond acceptors (Lipinski definition) is 3. The molecule has 1 aliphatic rings. The van der Waals surface area contributed by atoms with E-state index in [1.165, 1.54) is 6.42 Å². The Bertz CT molecular complexity index is 301. The van der Waals surface area contributed by atoms with Gasteiger partial charge in [0.15, 0.2) is 0 Å². The zero-order valence-electron chi connectivity index (χ0n) is 14.9. The molecule has 0 radical (unpaired) electrons. The summed E-state index contributed by atoms with van der Waals surface area (Å²) in [6.07, 6.45) is 1.21. The third-order valence-electron chi connectivity index (χ3n) is 5.05. The molecule has 1 aliphatic heterocycles. The molecule has 0 aromatic carbocycles. The minimum atomic E-state index is -0.0982. The van der Waals surface area contributed by atoms with E-state index in [2.05, 4.69) is 65.6 Å². The maximum Gasteiger partial charge on any atom is 0.0790 e. The topological polar surface area (TPSA) is 24.5 Å². The van der Waals surface area contributed by atoms with Gasteiger partial charge in [0.2, 0.25) is 0 Å². The second kappa shape index (κ2) is 6.76. The van der Waals surface area contributed by atoms with Gasteiger partial charge in [0.1, 0.15) is 0 Å². The standard InChI is InChI=1S/C17H36N2O/c1-9-13(4)19(11-3)12-14-15(18-10-2)17(7,8)20-16(14,5)6/h13-15,18H,9-12H2,1-8H3. The van der Waals surface area contributed by atoms with Crippen molar-refractivity contribution in [3.05, 3.63) is 0 Å². The first-order chi connectivity index (χ1) is 9.19. The fourth-order valence-electron chi connectivity index (χ4n) is 3.77. The Balaban J connectivity index is 2.92. The summed E-state index contributed by atoms with van der Waals surface area (Å²) in [5.74, 6) is 0.520. The van der Waals surface area contributed by atoms with E-state index in [1.54, 1.807) is 0 Å². The molecule has 1 heterocycles. The fraction of sp³-hybridized carbons (Fsp3) is 1.00. The van der Waals surface area contributed by atoms with Crippen molar-refractivity contribution in [2.75, 3.05) is 19.6 Å². The van der Waals surface area contributed by atoms with Crippen molar-refractivity contribution < 1.29 is 4.74 Å². The second-order valence-corrected chi connectivity index (χ2v) is 7.30. The van der Waals surface area contributed by atoms with Crippen LogP contribution in [0.4, 0.5) is 0 Å². The van der Waals surface area contributed by atoms with Gasteiger partial charge in [-0.15, -0.1) is 0 Å². The first kappa shape index (κ1) is 17.9. The average Bonchev–Trinajstić information content (AvgIpc) is 2.52. The van der Waals surface area contributed by atoms with Gasteiger partial charge < -0.3 is 15.0 Å². The van der Waals surface area contributed by atoms with Crippen LogP contribution in [-0.2, 0) is 4.74 Å². The summed E-state index contributed by atoms with van der Waals surface area (Å²) < 4.78 is 6.38. The normalized spacial score (nSPS) is 29.9. The maximum atomic E-state index is 6.38. The van der Waals surface area contributed by atoms with Gasteiger partial charge in [0.25, 0.3) is 0 Å². The van der Waals surface area contributed by atoms with E-state index in [0.29, 0.717) is 18.0 Å². The van der Waals surface area contributed by atoms with Gasteiger partial charge in [-0.05, 0) is 54.1 Å². The Labute approximate surface area is 126 Å². The van der Waals surface area contributed by atoms with Gasteiger partial charge in [0, 0.05) is 24.5 Å². The Kier molecular flexibility index (Phi) is 6.06. The number of nitrogens with one attached hydrogen (secondary N) is 1. The van der Waals surface area contributed by atoms with Crippen LogP contribution in [-0.4, -0.2) is 47.8 Å². The Hall–Kier alpha value is -0.120. The Morgan fingerprint density at radius 3 is 2.15 bits per heavy atom. The minimum absolute atomic E-state index is 0.0722. The van der Waals surface area contributed by atoms with Crippen molar-refractivity contribution in [2.45, 2.75) is 85.1 Å². The number of nitrogens with zero attached hydrogens (tertiary/aromatic N) is 1. The summed E-state index contributed by atoms with van der Waals surface area (Å²) in [5, 5.41) is 3.68. The highest BCUT2D eigenvalue weighted by Crippen LogP contribution is 2.42. The number of rotatable bonds is 7. The number of likely N-dealkylation sites (N-methyl/N-ethyl adjacent to an activating group) is 1. The SMILES string of the molecule is CCNC1C(CN(CC)C(C)CC)C(C)(C)OC1(C)C. The van der Waals surface area contributed by atoms with E-state index in [-0.39, 0.29) is 11.2 Å². The van der Waals surface area contributed by atoms with Gasteiger partial charge in [-0.1, -0.05) is 20.8 Å². The molecular weight excluding hydrogens is 248 g/mol. The molecule has 3 nitrogen and oxygen atoms in total. The maximum absolute atomic E-state index is 6.38. The van der Waals surface area contributed by atoms with Gasteiger partial charge >= 0.3 is 0 Å². The van der Waals surface area contributed by atoms with E-state index in [1.807, 2.05) is 0 Å². The number of ether oxygens (including phenoxy) is 1. The molecule has 0 spiro atoms. The molecule has 0 aromatic heterocycles. The van der Waals surface area contributed by atoms with Crippen molar-refractivity contribution >= 4 is 0 Å². The lowest BCUT2D eigenvalue weighted by Gasteiger charge is -2.36. The average molecular weight is 284 g/mol. The predicted molar refractivity (Wildman–Crippen MR) is 87.2 cm³/mol. The molecule has 1 rings (SSSR count). The smallest absolute Gasteiger partial charge is 0.0790 e. The highest BCUT2D eigenvalue weighted by atomic mass is 16.5. The monoisotopic (exact) mass is 284 g/mol. The Morgan fingerprint density at radius 1 is 1.10 bits per heavy atom. The molecule has 20 heavy (non-hydrogen) atoms. The van der Waals surface area contributed by atoms with Crippen LogP contribution in [0.1, 0.15) is 61.8 Å². The van der Waals surface area contributed by atoms with Crippen molar-refractivity contribution in [3.63, 3.8) is 0 Å². The summed E-state index contributed by atoms with van der Waals surface area (Å²) in [7, 11) is 0. The highest BCUT2D eigenvalue weighted by Gasteiger charge is 2.53. The third-order valence-corrected chi connectivity index (χ3v) is 5.05. The zero-order chi connectivity index (χ0) is 15.6. The van der Waals surface area contributed by atoms with Gasteiger partial charge in [-0.2, -0.15) is 0 Å². The summed E-state index contributed by atoms with van der Waals surface area (Å²) in [6.45, 7) is 21.2. The molecule has 1 saturated heterocycles. The first-order valence-electron chi connectivity index (χ1n) is 8.37. The molecule has 0 aliphatic carbocycles. The van der Waals surface area contributed by atoms with E-state index < -0.39 is 0 Å². The van der Waals surface area contributed by atoms with Crippen LogP contribution in [0.2, 0.25) is 0 Å². The third kappa shape index (κ3) is 3.75. The molecule has 3 unspecified atom stereocenters. The largest absolute Gasteiger partial charge is 0.368 e. The van der Waals surface area contributed by atoms with E-state index >= 15 is 0 Å². The van der Waals surface area contributed by atoms with Crippen molar-refractivity contribution in [1.82, 2.24) is 10.2 Å². The molecule has 120 valence electrons. The molecule has 3 heteroatoms. The molecule has 0 aromatic rings. The van der Waals surface area contributed by atoms with E-state index in [4.69, 9.17) is 4.74 Å². The van der Waals surface area contributed by atoms with Crippen LogP contribution in [0, 0.1) is 5.92 Å². The quantitative estimate of drug-likeness (QED) is 0.776. The lowest BCUT2D eigenvalue weighted by molar-refractivity contribution is -0.0801. The van der Waals surface area contributed by atoms with Crippen molar-refractivity contribution in [3.8, 4) is 0 Å². The molecular formula is C17H36N2O. The highest BCUT2D eigenvalue weighted by molar-refractivity contribution is 5.06. The van der Waals surface area contributed by atoms with E-state index in [9.17, 15) is 0 Å². The Morgan fingerprint density at radius 2 is 1.70 bits per heavy atom. The molecule has 1 N–H and O–H groups in total. The molecule has 0 bridgehead atoms. The number of hydrogen-bond donors (Lipinski definition) is 1. The van der Waals surface area contributed by atoms with Gasteiger partial charge in [-0.3, -0.25) is 0 Å². The molecule has 0 saturated carbocycles. The molecule has 1 fully saturated rings. The minimum Gasteiger partial charge on any atom is -0.368 e. The molecule has 3 atom stereocenters. The fourth-order valence-corrected chi connectivity index (χ4v) is 3.77. The summed E-state index contributed by atoms with van der Waals surface area (Å²) in [6, 6.07) is 1.06. The summed E-state index contributed by atoms with van der Waals surface area (Å²) in [4.78, 5) is 2.60.